The molecule has 7 heteroatoms. The van der Waals surface area contributed by atoms with Gasteiger partial charge in [0.1, 0.15) is 9.90 Å². The van der Waals surface area contributed by atoms with E-state index < -0.39 is 5.97 Å². The second-order valence-corrected chi connectivity index (χ2v) is 6.27. The summed E-state index contributed by atoms with van der Waals surface area (Å²) in [6.45, 7) is 1.69. The first kappa shape index (κ1) is 13.0. The fourth-order valence-electron chi connectivity index (χ4n) is 1.77. The number of carbonyl (C=O) groups is 1. The van der Waals surface area contributed by atoms with Gasteiger partial charge in [0.05, 0.1) is 11.9 Å². The molecular formula is C13H9N3O2S2. The molecule has 0 aliphatic carbocycles. The monoisotopic (exact) mass is 303 g/mol. The van der Waals surface area contributed by atoms with Gasteiger partial charge < -0.3 is 5.11 Å². The van der Waals surface area contributed by atoms with Gasteiger partial charge in [0.15, 0.2) is 4.34 Å². The maximum absolute atomic E-state index is 11.0. The van der Waals surface area contributed by atoms with Gasteiger partial charge in [0, 0.05) is 10.8 Å². The number of aromatic carboxylic acids is 1. The third kappa shape index (κ3) is 2.37. The van der Waals surface area contributed by atoms with Crippen LogP contribution in [0, 0.1) is 6.92 Å². The molecule has 5 nitrogen and oxygen atoms in total. The van der Waals surface area contributed by atoms with E-state index in [1.807, 2.05) is 24.3 Å². The summed E-state index contributed by atoms with van der Waals surface area (Å²) in [5.41, 5.74) is 0.526. The molecule has 1 N–H and O–H groups in total. The normalized spacial score (nSPS) is 10.8. The Morgan fingerprint density at radius 2 is 2.15 bits per heavy atom. The highest BCUT2D eigenvalue weighted by atomic mass is 32.2. The summed E-state index contributed by atoms with van der Waals surface area (Å²) in [7, 11) is 0. The number of aryl methyl sites for hydroxylation is 1. The number of hydrogen-bond donors (Lipinski definition) is 1. The minimum atomic E-state index is -0.948. The van der Waals surface area contributed by atoms with Crippen molar-refractivity contribution in [3.8, 4) is 0 Å². The highest BCUT2D eigenvalue weighted by Crippen LogP contribution is 2.34. The fraction of sp³-hybridized carbons (Fsp3) is 0.0769. The van der Waals surface area contributed by atoms with Crippen LogP contribution in [0.5, 0.6) is 0 Å². The average molecular weight is 303 g/mol. The topological polar surface area (TPSA) is 76.0 Å². The van der Waals surface area contributed by atoms with Gasteiger partial charge in [-0.25, -0.2) is 9.78 Å². The summed E-state index contributed by atoms with van der Waals surface area (Å²) < 4.78 is 0.658. The van der Waals surface area contributed by atoms with Gasteiger partial charge in [-0.15, -0.1) is 5.10 Å². The SMILES string of the molecule is Cc1nc(Sc2nncc3ccccc23)sc1C(=O)O. The largest absolute Gasteiger partial charge is 0.477 e. The standard InChI is InChI=1S/C13H9N3O2S2/c1-7-10(12(17)18)19-13(15-7)20-11-9-5-3-2-4-8(9)6-14-16-11/h2-6H,1H3,(H,17,18). The van der Waals surface area contributed by atoms with Crippen LogP contribution in [0.25, 0.3) is 10.8 Å². The fourth-order valence-corrected chi connectivity index (χ4v) is 3.80. The molecule has 0 radical (unpaired) electrons. The van der Waals surface area contributed by atoms with Crippen LogP contribution in [0.15, 0.2) is 39.8 Å². The van der Waals surface area contributed by atoms with Gasteiger partial charge in [-0.3, -0.25) is 0 Å². The molecule has 0 bridgehead atoms. The van der Waals surface area contributed by atoms with Crippen LogP contribution in [-0.2, 0) is 0 Å². The quantitative estimate of drug-likeness (QED) is 0.800. The molecule has 0 saturated carbocycles. The number of carboxylic acids is 1. The predicted molar refractivity (Wildman–Crippen MR) is 77.5 cm³/mol. The Balaban J connectivity index is 2.01. The molecule has 20 heavy (non-hydrogen) atoms. The van der Waals surface area contributed by atoms with Crippen molar-refractivity contribution in [3.63, 3.8) is 0 Å². The second-order valence-electron chi connectivity index (χ2n) is 4.04. The number of benzene rings is 1. The van der Waals surface area contributed by atoms with Crippen molar-refractivity contribution in [2.75, 3.05) is 0 Å². The van der Waals surface area contributed by atoms with E-state index in [2.05, 4.69) is 15.2 Å². The molecule has 2 aromatic heterocycles. The van der Waals surface area contributed by atoms with E-state index >= 15 is 0 Å². The Morgan fingerprint density at radius 1 is 1.35 bits per heavy atom. The van der Waals surface area contributed by atoms with Crippen LogP contribution >= 0.6 is 23.1 Å². The summed E-state index contributed by atoms with van der Waals surface area (Å²) in [4.78, 5) is 15.6. The number of rotatable bonds is 3. The molecule has 3 aromatic rings. The molecule has 0 spiro atoms. The van der Waals surface area contributed by atoms with Crippen LogP contribution < -0.4 is 0 Å². The highest BCUT2D eigenvalue weighted by Gasteiger charge is 2.16. The van der Waals surface area contributed by atoms with Crippen LogP contribution in [-0.4, -0.2) is 26.3 Å². The van der Waals surface area contributed by atoms with E-state index in [4.69, 9.17) is 5.11 Å². The number of nitrogens with zero attached hydrogens (tertiary/aromatic N) is 3. The lowest BCUT2D eigenvalue weighted by Crippen LogP contribution is -1.94. The lowest BCUT2D eigenvalue weighted by atomic mass is 10.2. The molecule has 0 fully saturated rings. The third-order valence-corrected chi connectivity index (χ3v) is 4.89. The Kier molecular flexibility index (Phi) is 3.37. The van der Waals surface area contributed by atoms with Crippen LogP contribution in [0.3, 0.4) is 0 Å². The molecule has 0 aliphatic heterocycles. The Hall–Kier alpha value is -1.99. The maximum Gasteiger partial charge on any atom is 0.347 e. The number of thiazole rings is 1. The van der Waals surface area contributed by atoms with Gasteiger partial charge in [-0.1, -0.05) is 35.6 Å². The first-order valence-corrected chi connectivity index (χ1v) is 7.37. The lowest BCUT2D eigenvalue weighted by Gasteiger charge is -2.01. The molecule has 2 heterocycles. The van der Waals surface area contributed by atoms with Gasteiger partial charge in [-0.2, -0.15) is 5.10 Å². The summed E-state index contributed by atoms with van der Waals surface area (Å²) in [5, 5.41) is 19.8. The maximum atomic E-state index is 11.0. The predicted octanol–water partition coefficient (Wildman–Crippen LogP) is 3.24. The van der Waals surface area contributed by atoms with Gasteiger partial charge in [0.2, 0.25) is 0 Å². The molecule has 3 rings (SSSR count). The third-order valence-electron chi connectivity index (χ3n) is 2.69. The molecular weight excluding hydrogens is 294 g/mol. The van der Waals surface area contributed by atoms with Crippen molar-refractivity contribution in [3.05, 3.63) is 41.0 Å². The summed E-state index contributed by atoms with van der Waals surface area (Å²) in [6, 6.07) is 7.80. The van der Waals surface area contributed by atoms with Crippen molar-refractivity contribution >= 4 is 39.8 Å². The number of aromatic nitrogens is 3. The van der Waals surface area contributed by atoms with Crippen molar-refractivity contribution < 1.29 is 9.90 Å². The summed E-state index contributed by atoms with van der Waals surface area (Å²) in [6.07, 6.45) is 1.70. The van der Waals surface area contributed by atoms with Gasteiger partial charge in [-0.05, 0) is 18.7 Å². The summed E-state index contributed by atoms with van der Waals surface area (Å²) >= 11 is 2.50. The molecule has 0 unspecified atom stereocenters. The molecule has 0 atom stereocenters. The highest BCUT2D eigenvalue weighted by molar-refractivity contribution is 8.01. The molecule has 0 amide bonds. The van der Waals surface area contributed by atoms with Crippen molar-refractivity contribution in [1.29, 1.82) is 0 Å². The average Bonchev–Trinajstić information content (AvgIpc) is 2.80. The molecule has 1 aromatic carbocycles. The number of fused-ring (bicyclic) bond motifs is 1. The Morgan fingerprint density at radius 3 is 2.90 bits per heavy atom. The van der Waals surface area contributed by atoms with Gasteiger partial charge in [0.25, 0.3) is 0 Å². The molecule has 0 saturated heterocycles. The number of carboxylic acid groups (broad SMARTS) is 1. The van der Waals surface area contributed by atoms with Gasteiger partial charge >= 0.3 is 5.97 Å². The Labute approximate surface area is 122 Å². The molecule has 100 valence electrons. The van der Waals surface area contributed by atoms with E-state index in [1.54, 1.807) is 13.1 Å². The van der Waals surface area contributed by atoms with Crippen LogP contribution in [0.4, 0.5) is 0 Å². The summed E-state index contributed by atoms with van der Waals surface area (Å²) in [5.74, 6) is -0.948. The van der Waals surface area contributed by atoms with Crippen molar-refractivity contribution in [2.24, 2.45) is 0 Å². The minimum absolute atomic E-state index is 0.265. The first-order chi connectivity index (χ1) is 9.65. The zero-order valence-electron chi connectivity index (χ0n) is 10.4. The second kappa shape index (κ2) is 5.18. The van der Waals surface area contributed by atoms with E-state index in [0.29, 0.717) is 10.0 Å². The van der Waals surface area contributed by atoms with Crippen molar-refractivity contribution in [1.82, 2.24) is 15.2 Å². The van der Waals surface area contributed by atoms with Crippen molar-refractivity contribution in [2.45, 2.75) is 16.3 Å². The molecule has 0 aliphatic rings. The number of hydrogen-bond acceptors (Lipinski definition) is 6. The first-order valence-electron chi connectivity index (χ1n) is 5.74. The van der Waals surface area contributed by atoms with E-state index in [9.17, 15) is 4.79 Å². The minimum Gasteiger partial charge on any atom is -0.477 e. The van der Waals surface area contributed by atoms with E-state index in [1.165, 1.54) is 11.8 Å². The van der Waals surface area contributed by atoms with Crippen LogP contribution in [0.1, 0.15) is 15.4 Å². The Bertz CT molecular complexity index is 796. The zero-order valence-corrected chi connectivity index (χ0v) is 12.0. The zero-order chi connectivity index (χ0) is 14.1. The van der Waals surface area contributed by atoms with Crippen LogP contribution in [0.2, 0.25) is 0 Å². The lowest BCUT2D eigenvalue weighted by molar-refractivity contribution is 0.0701. The van der Waals surface area contributed by atoms with E-state index in [-0.39, 0.29) is 4.88 Å². The smallest absolute Gasteiger partial charge is 0.347 e. The van der Waals surface area contributed by atoms with E-state index in [0.717, 1.165) is 27.1 Å².